The summed E-state index contributed by atoms with van der Waals surface area (Å²) in [5.74, 6) is 0.384. The molecule has 1 N–H and O–H groups in total. The Hall–Kier alpha value is -2.82. The molecule has 3 rings (SSSR count). The van der Waals surface area contributed by atoms with E-state index in [0.29, 0.717) is 21.5 Å². The topological polar surface area (TPSA) is 50.7 Å². The van der Waals surface area contributed by atoms with Crippen molar-refractivity contribution in [2.24, 2.45) is 4.99 Å². The maximum Gasteiger partial charge on any atom is 0.262 e. The van der Waals surface area contributed by atoms with Crippen LogP contribution in [0.15, 0.2) is 71.7 Å². The maximum absolute atomic E-state index is 12.0. The molecule has 28 heavy (non-hydrogen) atoms. The van der Waals surface area contributed by atoms with Crippen molar-refractivity contribution in [2.75, 3.05) is 11.9 Å². The Morgan fingerprint density at radius 1 is 1.00 bits per heavy atom. The lowest BCUT2D eigenvalue weighted by Crippen LogP contribution is -2.20. The van der Waals surface area contributed by atoms with E-state index in [2.05, 4.69) is 10.3 Å². The molecule has 0 heterocycles. The summed E-state index contributed by atoms with van der Waals surface area (Å²) in [4.78, 5) is 16.3. The van der Waals surface area contributed by atoms with Crippen molar-refractivity contribution < 1.29 is 9.53 Å². The maximum atomic E-state index is 12.0. The van der Waals surface area contributed by atoms with E-state index in [9.17, 15) is 4.79 Å². The molecule has 0 radical (unpaired) electrons. The van der Waals surface area contributed by atoms with Crippen LogP contribution in [0.1, 0.15) is 11.1 Å². The van der Waals surface area contributed by atoms with Crippen LogP contribution >= 0.6 is 23.2 Å². The van der Waals surface area contributed by atoms with Gasteiger partial charge in [0.2, 0.25) is 0 Å². The summed E-state index contributed by atoms with van der Waals surface area (Å²) in [6.45, 7) is 1.93. The van der Waals surface area contributed by atoms with Crippen LogP contribution in [-0.4, -0.2) is 18.7 Å². The Bertz CT molecular complexity index is 964. The molecule has 0 bridgehead atoms. The number of nitrogens with one attached hydrogen (secondary N) is 1. The zero-order valence-electron chi connectivity index (χ0n) is 15.2. The smallest absolute Gasteiger partial charge is 0.262 e. The first-order chi connectivity index (χ1) is 13.5. The quantitative estimate of drug-likeness (QED) is 0.499. The summed E-state index contributed by atoms with van der Waals surface area (Å²) in [6.07, 6.45) is 1.70. The van der Waals surface area contributed by atoms with Gasteiger partial charge in [0, 0.05) is 21.9 Å². The molecule has 1 amide bonds. The standard InChI is InChI=1S/C22H18Cl2N2O2/c1-15-2-6-19(7-3-15)26-22(27)14-28-21-8-4-16(5-9-21)13-25-20-11-17(23)10-18(24)12-20/h2-13H,14H2,1H3,(H,26,27). The third-order valence-electron chi connectivity index (χ3n) is 3.80. The fraction of sp³-hybridized carbons (Fsp3) is 0.0909. The van der Waals surface area contributed by atoms with E-state index in [4.69, 9.17) is 27.9 Å². The molecular formula is C22H18Cl2N2O2. The molecule has 0 atom stereocenters. The zero-order chi connectivity index (χ0) is 19.9. The van der Waals surface area contributed by atoms with Crippen LogP contribution in [-0.2, 0) is 4.79 Å². The van der Waals surface area contributed by atoms with Crippen LogP contribution in [0, 0.1) is 6.92 Å². The van der Waals surface area contributed by atoms with E-state index in [1.165, 1.54) is 0 Å². The van der Waals surface area contributed by atoms with Crippen LogP contribution in [0.5, 0.6) is 5.75 Å². The van der Waals surface area contributed by atoms with Crippen LogP contribution in [0.25, 0.3) is 0 Å². The van der Waals surface area contributed by atoms with Gasteiger partial charge < -0.3 is 10.1 Å². The van der Waals surface area contributed by atoms with Crippen molar-refractivity contribution in [3.05, 3.63) is 87.9 Å². The van der Waals surface area contributed by atoms with Crippen LogP contribution in [0.3, 0.4) is 0 Å². The molecule has 0 spiro atoms. The molecule has 0 aliphatic heterocycles. The minimum absolute atomic E-state index is 0.0671. The van der Waals surface area contributed by atoms with Gasteiger partial charge in [-0.1, -0.05) is 40.9 Å². The van der Waals surface area contributed by atoms with Crippen LogP contribution in [0.4, 0.5) is 11.4 Å². The Kier molecular flexibility index (Phi) is 6.69. The molecule has 0 saturated heterocycles. The summed E-state index contributed by atoms with van der Waals surface area (Å²) < 4.78 is 5.52. The van der Waals surface area contributed by atoms with E-state index in [-0.39, 0.29) is 12.5 Å². The Morgan fingerprint density at radius 3 is 2.29 bits per heavy atom. The molecule has 0 aliphatic rings. The third kappa shape index (κ3) is 6.12. The second-order valence-corrected chi connectivity index (χ2v) is 7.03. The number of aryl methyl sites for hydroxylation is 1. The molecule has 3 aromatic rings. The van der Waals surface area contributed by atoms with Crippen LogP contribution < -0.4 is 10.1 Å². The SMILES string of the molecule is Cc1ccc(NC(=O)COc2ccc(C=Nc3cc(Cl)cc(Cl)c3)cc2)cc1. The van der Waals surface area contributed by atoms with Gasteiger partial charge in [0.1, 0.15) is 5.75 Å². The number of aliphatic imine (C=N–C) groups is 1. The number of carbonyl (C=O) groups is 1. The van der Waals surface area contributed by atoms with E-state index in [1.54, 1.807) is 36.5 Å². The predicted octanol–water partition coefficient (Wildman–Crippen LogP) is 6.07. The number of benzene rings is 3. The molecule has 0 saturated carbocycles. The van der Waals surface area contributed by atoms with E-state index >= 15 is 0 Å². The normalized spacial score (nSPS) is 10.8. The fourth-order valence-electron chi connectivity index (χ4n) is 2.40. The molecule has 6 heteroatoms. The number of rotatable bonds is 6. The largest absolute Gasteiger partial charge is 0.484 e. The van der Waals surface area contributed by atoms with Gasteiger partial charge in [-0.05, 0) is 67.1 Å². The minimum Gasteiger partial charge on any atom is -0.484 e. The van der Waals surface area contributed by atoms with E-state index in [1.807, 2.05) is 43.3 Å². The molecule has 0 aromatic heterocycles. The van der Waals surface area contributed by atoms with E-state index < -0.39 is 0 Å². The monoisotopic (exact) mass is 412 g/mol. The van der Waals surface area contributed by atoms with Gasteiger partial charge in [0.05, 0.1) is 5.69 Å². The first kappa shape index (κ1) is 19.9. The number of anilines is 1. The van der Waals surface area contributed by atoms with Gasteiger partial charge in [-0.2, -0.15) is 0 Å². The highest BCUT2D eigenvalue weighted by molar-refractivity contribution is 6.35. The summed E-state index contributed by atoms with van der Waals surface area (Å²) in [5, 5.41) is 3.86. The van der Waals surface area contributed by atoms with Crippen molar-refractivity contribution in [2.45, 2.75) is 6.92 Å². The van der Waals surface area contributed by atoms with Gasteiger partial charge in [0.15, 0.2) is 6.61 Å². The summed E-state index contributed by atoms with van der Waals surface area (Å²) >= 11 is 11.9. The molecule has 142 valence electrons. The number of carbonyl (C=O) groups excluding carboxylic acids is 1. The van der Waals surface area contributed by atoms with Crippen molar-refractivity contribution in [3.8, 4) is 5.75 Å². The second kappa shape index (κ2) is 9.40. The van der Waals surface area contributed by atoms with E-state index in [0.717, 1.165) is 16.8 Å². The summed E-state index contributed by atoms with van der Waals surface area (Å²) in [7, 11) is 0. The molecule has 4 nitrogen and oxygen atoms in total. The van der Waals surface area contributed by atoms with Gasteiger partial charge in [-0.15, -0.1) is 0 Å². The highest BCUT2D eigenvalue weighted by atomic mass is 35.5. The molecule has 3 aromatic carbocycles. The number of hydrogen-bond acceptors (Lipinski definition) is 3. The zero-order valence-corrected chi connectivity index (χ0v) is 16.7. The second-order valence-electron chi connectivity index (χ2n) is 6.16. The Balaban J connectivity index is 1.53. The highest BCUT2D eigenvalue weighted by Crippen LogP contribution is 2.24. The highest BCUT2D eigenvalue weighted by Gasteiger charge is 2.04. The average Bonchev–Trinajstić information content (AvgIpc) is 2.67. The number of nitrogens with zero attached hydrogens (tertiary/aromatic N) is 1. The van der Waals surface area contributed by atoms with Crippen molar-refractivity contribution >= 4 is 46.7 Å². The van der Waals surface area contributed by atoms with Crippen LogP contribution in [0.2, 0.25) is 10.0 Å². The Labute approximate surface area is 173 Å². The lowest BCUT2D eigenvalue weighted by Gasteiger charge is -2.08. The molecule has 0 unspecified atom stereocenters. The number of hydrogen-bond donors (Lipinski definition) is 1. The minimum atomic E-state index is -0.215. The first-order valence-electron chi connectivity index (χ1n) is 8.57. The Morgan fingerprint density at radius 2 is 1.64 bits per heavy atom. The lowest BCUT2D eigenvalue weighted by molar-refractivity contribution is -0.118. The third-order valence-corrected chi connectivity index (χ3v) is 4.23. The number of halogens is 2. The van der Waals surface area contributed by atoms with Crippen molar-refractivity contribution in [1.82, 2.24) is 0 Å². The van der Waals surface area contributed by atoms with Gasteiger partial charge in [-0.25, -0.2) is 0 Å². The summed E-state index contributed by atoms with van der Waals surface area (Å²) in [5.41, 5.74) is 3.43. The molecule has 0 fully saturated rings. The molecular weight excluding hydrogens is 395 g/mol. The fourth-order valence-corrected chi connectivity index (χ4v) is 2.91. The molecule has 0 aliphatic carbocycles. The summed E-state index contributed by atoms with van der Waals surface area (Å²) in [6, 6.07) is 20.0. The van der Waals surface area contributed by atoms with Gasteiger partial charge in [-0.3, -0.25) is 9.79 Å². The average molecular weight is 413 g/mol. The van der Waals surface area contributed by atoms with Crippen molar-refractivity contribution in [1.29, 1.82) is 0 Å². The predicted molar refractivity (Wildman–Crippen MR) is 115 cm³/mol. The van der Waals surface area contributed by atoms with Gasteiger partial charge >= 0.3 is 0 Å². The first-order valence-corrected chi connectivity index (χ1v) is 9.33. The number of ether oxygens (including phenoxy) is 1. The lowest BCUT2D eigenvalue weighted by atomic mass is 10.2. The van der Waals surface area contributed by atoms with Gasteiger partial charge in [0.25, 0.3) is 5.91 Å². The van der Waals surface area contributed by atoms with Crippen molar-refractivity contribution in [3.63, 3.8) is 0 Å². The number of amides is 1.